The second-order valence-corrected chi connectivity index (χ2v) is 36.1. The number of cyclic esters (lactones) is 1. The van der Waals surface area contributed by atoms with E-state index in [2.05, 4.69) is 166 Å². The molecule has 27 heteroatoms. The monoisotopic (exact) mass is 1710 g/mol. The lowest BCUT2D eigenvalue weighted by atomic mass is 9.50. The highest BCUT2D eigenvalue weighted by Crippen LogP contribution is 2.61. The van der Waals surface area contributed by atoms with Gasteiger partial charge in [0.05, 0.1) is 42.0 Å². The number of hydrogen-bond acceptors (Lipinski definition) is 19. The number of rotatable bonds is 22. The van der Waals surface area contributed by atoms with Crippen LogP contribution in [0.1, 0.15) is 178 Å². The van der Waals surface area contributed by atoms with E-state index in [1.165, 1.54) is 86.3 Å². The predicted molar refractivity (Wildman–Crippen MR) is 444 cm³/mol. The van der Waals surface area contributed by atoms with Gasteiger partial charge in [-0.1, -0.05) is 114 Å². The molecule has 121 heavy (non-hydrogen) atoms. The van der Waals surface area contributed by atoms with Crippen molar-refractivity contribution in [2.45, 2.75) is 247 Å². The van der Waals surface area contributed by atoms with Crippen molar-refractivity contribution >= 4 is 64.6 Å². The molecule has 0 N–H and O–H groups in total. The third-order valence-electron chi connectivity index (χ3n) is 24.1. The number of nitrogens with zero attached hydrogens (tertiary/aromatic N) is 1. The van der Waals surface area contributed by atoms with Crippen molar-refractivity contribution in [3.8, 4) is 0 Å². The standard InChI is InChI=1S/C18H15S.C15H22O2.C14H18O5.C12H14O4.C11H18O2.C10H16O2.C8H11F3NO2.C6H7F3O2/c1-4-10-16(11-5-1)19(17-12-6-2-7-13-17)18-14-8-3-9-15-18;1-9(2)14(16)17-15(3)12-5-10-4-11(7-12)8-13(15)6-10;1-6(2)13(15)19-12-7-4-8(11(12)17-3)10-9(7)5-18-14(10)16;1-5(2)11(13)15-9-6-3-7-8(4-6)12(14)16-10(7)9;1-4-11(7-5-6-8-11)13-10(12)9(2)3;1-8(2)9(11)12-10(3)6-4-5-7-10;1-6(2)7(13)14-4-3-12-5-8(9,10)11;1-4(2)5(10)11-3-6(7,8)9/h1-15H;10-13H,1,4-8H2,2-3H3;7-12H,1,4-5H2,2-3H3;6-10H,1,3-4H2,2H3;2,4-8H2,1,3H3;1,4-7H2,2-3H3;1,3-5H2,2H3;1,3H2,2H3/q+1;;;;;;-1;. The zero-order chi connectivity index (χ0) is 89.6. The molecule has 2 saturated heterocycles. The van der Waals surface area contributed by atoms with Gasteiger partial charge in [0.2, 0.25) is 0 Å². The van der Waals surface area contributed by atoms with Crippen LogP contribution in [-0.4, -0.2) is 147 Å². The summed E-state index contributed by atoms with van der Waals surface area (Å²) < 4.78 is 121. The molecule has 2 aliphatic heterocycles. The molecule has 8 bridgehead atoms. The molecular formula is C94H121F6NO19S. The van der Waals surface area contributed by atoms with Gasteiger partial charge in [0.15, 0.2) is 21.3 Å². The maximum absolute atomic E-state index is 11.8. The van der Waals surface area contributed by atoms with Crippen molar-refractivity contribution < 1.29 is 117 Å². The minimum atomic E-state index is -4.47. The molecule has 664 valence electrons. The second-order valence-electron chi connectivity index (χ2n) is 34.0. The summed E-state index contributed by atoms with van der Waals surface area (Å²) in [5.74, 6) is 0.720. The SMILES string of the molecule is C=C(C)C(=O)OC1(C)C2CC3CC(C2)CC1C3.C=C(C)C(=O)OC1(C)CCCC1.C=C(C)C(=O)OC1(CC)CCCC1.C=C(C)C(=O)OC1C2CC(C1OC)C1C(=O)OCC21.C=C(C)C(=O)OC1C2CC3C(=O)OC1C3C2.C=C(C)C(=O)OCC(F)(F)F.C=C(C)C(=O)OCC[N-]CC(F)(F)F.c1ccc([S+](c2ccccc2)c2ccccc2)cc1. The number of ether oxygens (including phenoxy) is 10. The summed E-state index contributed by atoms with van der Waals surface area (Å²) in [6, 6.07) is 32.2. The Kier molecular flexibility index (Phi) is 36.3. The third-order valence-corrected chi connectivity index (χ3v) is 26.3. The van der Waals surface area contributed by atoms with E-state index in [0.717, 1.165) is 63.2 Å². The number of esters is 9. The van der Waals surface area contributed by atoms with E-state index in [1.54, 1.807) is 41.7 Å². The van der Waals surface area contributed by atoms with Crippen molar-refractivity contribution in [3.05, 3.63) is 181 Å². The number of fused-ring (bicyclic) bond motifs is 6. The number of benzene rings is 3. The lowest BCUT2D eigenvalue weighted by Gasteiger charge is -2.59. The van der Waals surface area contributed by atoms with Gasteiger partial charge in [-0.05, 0) is 232 Å². The van der Waals surface area contributed by atoms with Crippen LogP contribution in [0.25, 0.3) is 5.32 Å². The summed E-state index contributed by atoms with van der Waals surface area (Å²) in [7, 11) is 1.58. The molecule has 3 aromatic carbocycles. The highest BCUT2D eigenvalue weighted by Gasteiger charge is 2.66. The number of carbonyl (C=O) groups excluding carboxylic acids is 9. The van der Waals surface area contributed by atoms with E-state index in [1.807, 2.05) is 6.92 Å². The highest BCUT2D eigenvalue weighted by atomic mass is 32.2. The maximum atomic E-state index is 11.8. The Morgan fingerprint density at radius 1 is 0.488 bits per heavy atom. The van der Waals surface area contributed by atoms with Gasteiger partial charge in [-0.15, -0.1) is 6.54 Å². The fraction of sp³-hybridized carbons (Fsp3) is 0.564. The van der Waals surface area contributed by atoms with E-state index in [9.17, 15) is 69.5 Å². The van der Waals surface area contributed by atoms with Gasteiger partial charge in [0, 0.05) is 75.7 Å². The van der Waals surface area contributed by atoms with Crippen LogP contribution >= 0.6 is 0 Å². The molecule has 12 aliphatic rings. The molecular weight excluding hydrogens is 1590 g/mol. The molecule has 0 spiro atoms. The Morgan fingerprint density at radius 3 is 1.36 bits per heavy atom. The Balaban J connectivity index is 0.000000192. The quantitative estimate of drug-likeness (QED) is 0.0226. The molecule has 0 aromatic heterocycles. The first kappa shape index (κ1) is 99.0. The number of alkyl halides is 6. The molecule has 10 aliphatic carbocycles. The first-order chi connectivity index (χ1) is 56.8. The van der Waals surface area contributed by atoms with E-state index in [-0.39, 0.29) is 154 Å². The molecule has 12 fully saturated rings. The van der Waals surface area contributed by atoms with Crippen LogP contribution in [0.3, 0.4) is 0 Å². The van der Waals surface area contributed by atoms with E-state index in [4.69, 9.17) is 37.9 Å². The minimum absolute atomic E-state index is 0.0146. The Hall–Kier alpha value is -9.08. The molecule has 11 unspecified atom stereocenters. The fourth-order valence-corrected chi connectivity index (χ4v) is 20.2. The number of halogens is 6. The Labute approximate surface area is 711 Å². The lowest BCUT2D eigenvalue weighted by molar-refractivity contribution is -0.199. The summed E-state index contributed by atoms with van der Waals surface area (Å²) in [5, 5.41) is 3.14. The fourth-order valence-electron chi connectivity index (χ4n) is 18.1. The van der Waals surface area contributed by atoms with Crippen molar-refractivity contribution in [1.29, 1.82) is 0 Å². The molecule has 2 heterocycles. The molecule has 20 nitrogen and oxygen atoms in total. The number of methoxy groups -OCH3 is 1. The normalized spacial score (nSPS) is 27.2. The van der Waals surface area contributed by atoms with Gasteiger partial charge in [0.25, 0.3) is 0 Å². The molecule has 3 aromatic rings. The molecule has 0 radical (unpaired) electrons. The summed E-state index contributed by atoms with van der Waals surface area (Å²) in [6.07, 6.45) is 9.09. The maximum Gasteiger partial charge on any atom is 0.422 e. The number of hydrogen-bond donors (Lipinski definition) is 0. The van der Waals surface area contributed by atoms with Crippen LogP contribution in [0, 0.1) is 65.1 Å². The van der Waals surface area contributed by atoms with Crippen LogP contribution in [0.2, 0.25) is 0 Å². The van der Waals surface area contributed by atoms with Crippen molar-refractivity contribution in [2.24, 2.45) is 65.1 Å². The third kappa shape index (κ3) is 28.0. The topological polar surface area (TPSA) is 260 Å². The molecule has 11 atom stereocenters. The predicted octanol–water partition coefficient (Wildman–Crippen LogP) is 19.1. The van der Waals surface area contributed by atoms with E-state index in [0.29, 0.717) is 52.2 Å². The molecule has 10 saturated carbocycles. The van der Waals surface area contributed by atoms with Crippen LogP contribution in [0.15, 0.2) is 191 Å². The van der Waals surface area contributed by atoms with Crippen LogP contribution in [-0.2, 0) is 101 Å². The van der Waals surface area contributed by atoms with Crippen molar-refractivity contribution in [2.75, 3.05) is 40.0 Å². The van der Waals surface area contributed by atoms with Gasteiger partial charge >= 0.3 is 66.1 Å². The van der Waals surface area contributed by atoms with Gasteiger partial charge in [-0.2, -0.15) is 26.3 Å². The summed E-state index contributed by atoms with van der Waals surface area (Å²) in [5.41, 5.74) is 1.87. The van der Waals surface area contributed by atoms with Crippen LogP contribution in [0.5, 0.6) is 0 Å². The number of carbonyl (C=O) groups is 9. The van der Waals surface area contributed by atoms with Crippen molar-refractivity contribution in [1.82, 2.24) is 0 Å². The first-order valence-electron chi connectivity index (χ1n) is 41.4. The van der Waals surface area contributed by atoms with Gasteiger partial charge < -0.3 is 52.7 Å². The van der Waals surface area contributed by atoms with Gasteiger partial charge in [-0.25, -0.2) is 33.6 Å². The highest BCUT2D eigenvalue weighted by molar-refractivity contribution is 7.97. The largest absolute Gasteiger partial charge is 0.652 e. The summed E-state index contributed by atoms with van der Waals surface area (Å²) in [4.78, 5) is 106. The van der Waals surface area contributed by atoms with E-state index >= 15 is 0 Å². The van der Waals surface area contributed by atoms with E-state index < -0.39 is 37.4 Å². The van der Waals surface area contributed by atoms with Crippen molar-refractivity contribution in [3.63, 3.8) is 0 Å². The van der Waals surface area contributed by atoms with Crippen LogP contribution < -0.4 is 0 Å². The smallest absolute Gasteiger partial charge is 0.422 e. The van der Waals surface area contributed by atoms with Crippen LogP contribution in [0.4, 0.5) is 26.3 Å². The average Bonchev–Trinajstić information content (AvgIpc) is 1.54. The molecule has 0 amide bonds. The summed E-state index contributed by atoms with van der Waals surface area (Å²) in [6.45, 7) is 39.1. The Bertz CT molecular complexity index is 4050. The van der Waals surface area contributed by atoms with Gasteiger partial charge in [-0.3, -0.25) is 9.59 Å². The zero-order valence-electron chi connectivity index (χ0n) is 71.7. The molecule has 15 rings (SSSR count). The first-order valence-corrected chi connectivity index (χ1v) is 42.7. The average molecular weight is 1720 g/mol. The minimum Gasteiger partial charge on any atom is -0.652 e. The Morgan fingerprint density at radius 2 is 0.926 bits per heavy atom. The van der Waals surface area contributed by atoms with Gasteiger partial charge in [0.1, 0.15) is 35.1 Å². The lowest BCUT2D eigenvalue weighted by Crippen LogP contribution is -2.58. The zero-order valence-corrected chi connectivity index (χ0v) is 72.5. The summed E-state index contributed by atoms with van der Waals surface area (Å²) >= 11 is 0. The second kappa shape index (κ2) is 44.3.